The van der Waals surface area contributed by atoms with Gasteiger partial charge in [-0.25, -0.2) is 0 Å². The van der Waals surface area contributed by atoms with E-state index in [-0.39, 0.29) is 11.9 Å². The Balaban J connectivity index is 1.52. The zero-order valence-corrected chi connectivity index (χ0v) is 13.1. The number of hydrogen-bond donors (Lipinski definition) is 1. The number of amides is 1. The summed E-state index contributed by atoms with van der Waals surface area (Å²) in [5.74, 6) is 0.209. The van der Waals surface area contributed by atoms with Gasteiger partial charge in [-0.05, 0) is 44.4 Å². The van der Waals surface area contributed by atoms with Gasteiger partial charge in [0.15, 0.2) is 0 Å². The highest BCUT2D eigenvalue weighted by atomic mass is 16.2. The molecule has 1 saturated heterocycles. The summed E-state index contributed by atoms with van der Waals surface area (Å²) in [5, 5.41) is 7.12. The Morgan fingerprint density at radius 2 is 2.26 bits per heavy atom. The smallest absolute Gasteiger partial charge is 0.244 e. The molecule has 0 aromatic carbocycles. The van der Waals surface area contributed by atoms with E-state index in [2.05, 4.69) is 20.1 Å². The second-order valence-electron chi connectivity index (χ2n) is 6.28. The Kier molecular flexibility index (Phi) is 3.83. The van der Waals surface area contributed by atoms with Crippen molar-refractivity contribution in [3.8, 4) is 0 Å². The third-order valence-electron chi connectivity index (χ3n) is 4.80. The molecule has 4 heterocycles. The lowest BCUT2D eigenvalue weighted by molar-refractivity contribution is -0.123. The van der Waals surface area contributed by atoms with Gasteiger partial charge in [0.1, 0.15) is 0 Å². The number of aromatic amines is 1. The molecule has 0 spiro atoms. The van der Waals surface area contributed by atoms with Crippen molar-refractivity contribution in [2.24, 2.45) is 0 Å². The molecule has 0 radical (unpaired) electrons. The maximum absolute atomic E-state index is 13.1. The van der Waals surface area contributed by atoms with Crippen LogP contribution in [0.1, 0.15) is 30.7 Å². The summed E-state index contributed by atoms with van der Waals surface area (Å²) in [6.07, 6.45) is 7.55. The average Bonchev–Trinajstić information content (AvgIpc) is 3.23. The first-order chi connectivity index (χ1) is 11.3. The third-order valence-corrected chi connectivity index (χ3v) is 4.80. The number of carbonyl (C=O) groups is 1. The van der Waals surface area contributed by atoms with Gasteiger partial charge in [0.05, 0.1) is 29.3 Å². The number of aryl methyl sites for hydroxylation is 1. The van der Waals surface area contributed by atoms with Crippen LogP contribution in [-0.2, 0) is 17.8 Å². The maximum Gasteiger partial charge on any atom is 0.244 e. The summed E-state index contributed by atoms with van der Waals surface area (Å²) in [5.41, 5.74) is 3.07. The minimum Gasteiger partial charge on any atom is -0.308 e. The van der Waals surface area contributed by atoms with Gasteiger partial charge in [0.2, 0.25) is 5.91 Å². The number of rotatable bonds is 3. The number of aromatic nitrogens is 3. The standard InChI is InChI=1S/C17H21N5O/c23-17(22-10-3-6-14-16(22)11-19-20-14)15-7-4-9-21(15)12-13-5-1-2-8-18-13/h1-2,5,8,11,15H,3-4,6-7,9-10,12H2,(H,19,20). The second kappa shape index (κ2) is 6.12. The van der Waals surface area contributed by atoms with Gasteiger partial charge in [-0.1, -0.05) is 6.07 Å². The van der Waals surface area contributed by atoms with E-state index in [0.717, 1.165) is 62.4 Å². The van der Waals surface area contributed by atoms with Crippen molar-refractivity contribution in [1.29, 1.82) is 0 Å². The summed E-state index contributed by atoms with van der Waals surface area (Å²) in [4.78, 5) is 21.7. The van der Waals surface area contributed by atoms with Gasteiger partial charge in [-0.3, -0.25) is 19.8 Å². The first-order valence-corrected chi connectivity index (χ1v) is 8.30. The molecule has 6 heteroatoms. The average molecular weight is 311 g/mol. The highest BCUT2D eigenvalue weighted by Crippen LogP contribution is 2.29. The van der Waals surface area contributed by atoms with E-state index in [0.29, 0.717) is 0 Å². The van der Waals surface area contributed by atoms with Crippen molar-refractivity contribution in [2.45, 2.75) is 38.3 Å². The molecule has 2 aromatic rings. The van der Waals surface area contributed by atoms with Crippen molar-refractivity contribution < 1.29 is 4.79 Å². The van der Waals surface area contributed by atoms with Crippen LogP contribution in [0.4, 0.5) is 5.69 Å². The molecule has 2 aromatic heterocycles. The number of fused-ring (bicyclic) bond motifs is 1. The quantitative estimate of drug-likeness (QED) is 0.938. The lowest BCUT2D eigenvalue weighted by atomic mass is 10.1. The van der Waals surface area contributed by atoms with Crippen LogP contribution in [0.25, 0.3) is 0 Å². The molecule has 0 saturated carbocycles. The van der Waals surface area contributed by atoms with Crippen LogP contribution in [0, 0.1) is 0 Å². The molecule has 120 valence electrons. The van der Waals surface area contributed by atoms with Crippen LogP contribution in [0.15, 0.2) is 30.6 Å². The van der Waals surface area contributed by atoms with E-state index < -0.39 is 0 Å². The SMILES string of the molecule is O=C(C1CCCN1Cc1ccccn1)N1CCCc2[nH]ncc21. The molecule has 1 N–H and O–H groups in total. The monoisotopic (exact) mass is 311 g/mol. The Morgan fingerprint density at radius 3 is 3.13 bits per heavy atom. The van der Waals surface area contributed by atoms with E-state index in [1.165, 1.54) is 0 Å². The van der Waals surface area contributed by atoms with Crippen LogP contribution in [0.5, 0.6) is 0 Å². The summed E-state index contributed by atoms with van der Waals surface area (Å²) < 4.78 is 0. The van der Waals surface area contributed by atoms with Gasteiger partial charge >= 0.3 is 0 Å². The molecule has 2 aliphatic rings. The van der Waals surface area contributed by atoms with Gasteiger partial charge in [0, 0.05) is 19.3 Å². The van der Waals surface area contributed by atoms with E-state index in [9.17, 15) is 4.79 Å². The number of H-pyrrole nitrogens is 1. The van der Waals surface area contributed by atoms with Crippen molar-refractivity contribution >= 4 is 11.6 Å². The van der Waals surface area contributed by atoms with Crippen LogP contribution < -0.4 is 4.90 Å². The zero-order valence-electron chi connectivity index (χ0n) is 13.1. The number of hydrogen-bond acceptors (Lipinski definition) is 4. The topological polar surface area (TPSA) is 65.1 Å². The maximum atomic E-state index is 13.1. The summed E-state index contributed by atoms with van der Waals surface area (Å²) in [7, 11) is 0. The largest absolute Gasteiger partial charge is 0.308 e. The minimum absolute atomic E-state index is 0.0437. The van der Waals surface area contributed by atoms with Crippen LogP contribution >= 0.6 is 0 Å². The first kappa shape index (κ1) is 14.4. The lowest BCUT2D eigenvalue weighted by Crippen LogP contribution is -2.47. The number of pyridine rings is 1. The fraction of sp³-hybridized carbons (Fsp3) is 0.471. The Hall–Kier alpha value is -2.21. The molecule has 0 bridgehead atoms. The molecular formula is C17H21N5O. The molecule has 0 aliphatic carbocycles. The van der Waals surface area contributed by atoms with E-state index in [1.807, 2.05) is 29.3 Å². The van der Waals surface area contributed by atoms with Gasteiger partial charge in [0.25, 0.3) is 0 Å². The Bertz CT molecular complexity index is 683. The molecule has 1 unspecified atom stereocenters. The molecule has 6 nitrogen and oxygen atoms in total. The molecule has 2 aliphatic heterocycles. The van der Waals surface area contributed by atoms with E-state index in [4.69, 9.17) is 0 Å². The molecule has 23 heavy (non-hydrogen) atoms. The number of anilines is 1. The number of nitrogens with one attached hydrogen (secondary N) is 1. The van der Waals surface area contributed by atoms with Gasteiger partial charge in [-0.2, -0.15) is 5.10 Å². The Morgan fingerprint density at radius 1 is 1.30 bits per heavy atom. The van der Waals surface area contributed by atoms with Crippen molar-refractivity contribution in [1.82, 2.24) is 20.1 Å². The summed E-state index contributed by atoms with van der Waals surface area (Å²) in [6, 6.07) is 5.90. The number of carbonyl (C=O) groups excluding carboxylic acids is 1. The second-order valence-corrected chi connectivity index (χ2v) is 6.28. The van der Waals surface area contributed by atoms with Gasteiger partial charge in [-0.15, -0.1) is 0 Å². The Labute approximate surface area is 135 Å². The van der Waals surface area contributed by atoms with Crippen molar-refractivity contribution in [2.75, 3.05) is 18.0 Å². The highest BCUT2D eigenvalue weighted by molar-refractivity contribution is 5.98. The predicted octanol–water partition coefficient (Wildman–Crippen LogP) is 1.75. The fourth-order valence-electron chi connectivity index (χ4n) is 3.66. The van der Waals surface area contributed by atoms with Gasteiger partial charge < -0.3 is 4.90 Å². The van der Waals surface area contributed by atoms with E-state index in [1.54, 1.807) is 6.20 Å². The van der Waals surface area contributed by atoms with Crippen LogP contribution in [0.3, 0.4) is 0 Å². The molecule has 1 fully saturated rings. The zero-order chi connectivity index (χ0) is 15.6. The molecule has 4 rings (SSSR count). The van der Waals surface area contributed by atoms with Crippen LogP contribution in [-0.4, -0.2) is 45.1 Å². The van der Waals surface area contributed by atoms with Crippen LogP contribution in [0.2, 0.25) is 0 Å². The normalized spacial score (nSPS) is 21.4. The number of nitrogens with zero attached hydrogens (tertiary/aromatic N) is 4. The van der Waals surface area contributed by atoms with Crippen molar-refractivity contribution in [3.63, 3.8) is 0 Å². The summed E-state index contributed by atoms with van der Waals surface area (Å²) >= 11 is 0. The van der Waals surface area contributed by atoms with Crippen molar-refractivity contribution in [3.05, 3.63) is 42.0 Å². The first-order valence-electron chi connectivity index (χ1n) is 8.30. The molecular weight excluding hydrogens is 290 g/mol. The molecule has 1 amide bonds. The summed E-state index contributed by atoms with van der Waals surface area (Å²) in [6.45, 7) is 2.49. The highest BCUT2D eigenvalue weighted by Gasteiger charge is 2.36. The predicted molar refractivity (Wildman–Crippen MR) is 86.9 cm³/mol. The van der Waals surface area contributed by atoms with E-state index >= 15 is 0 Å². The third kappa shape index (κ3) is 2.74. The fourth-order valence-corrected chi connectivity index (χ4v) is 3.66. The number of likely N-dealkylation sites (tertiary alicyclic amines) is 1. The molecule has 1 atom stereocenters. The lowest BCUT2D eigenvalue weighted by Gasteiger charge is -2.32. The minimum atomic E-state index is -0.0437.